The van der Waals surface area contributed by atoms with E-state index >= 15 is 0 Å². The maximum atomic E-state index is 12.5. The third kappa shape index (κ3) is 3.30. The molecule has 2 amide bonds. The zero-order valence-corrected chi connectivity index (χ0v) is 12.6. The third-order valence-electron chi connectivity index (χ3n) is 4.49. The number of β-amino-alcohol motifs (C(OH)–C–C–N with tert-alkyl or cyclic N) is 1. The Morgan fingerprint density at radius 2 is 2.00 bits per heavy atom. The minimum Gasteiger partial charge on any atom is -0.391 e. The molecule has 1 aromatic rings. The quantitative estimate of drug-likeness (QED) is 0.907. The zero-order chi connectivity index (χ0) is 15.5. The first-order valence-corrected chi connectivity index (χ1v) is 7.92. The Hall–Kier alpha value is -1.88. The lowest BCUT2D eigenvalue weighted by molar-refractivity contribution is -0.138. The van der Waals surface area contributed by atoms with Crippen molar-refractivity contribution in [2.24, 2.45) is 5.92 Å². The molecular weight excluding hydrogens is 280 g/mol. The van der Waals surface area contributed by atoms with Crippen LogP contribution in [0.5, 0.6) is 0 Å². The molecule has 118 valence electrons. The summed E-state index contributed by atoms with van der Waals surface area (Å²) in [5, 5.41) is 9.70. The molecule has 0 spiro atoms. The van der Waals surface area contributed by atoms with Crippen LogP contribution in [0.2, 0.25) is 0 Å². The minimum atomic E-state index is -0.421. The monoisotopic (exact) mass is 302 g/mol. The SMILES string of the molecule is O=C1CC(C(=O)N2CCCC(O)C2)CN1Cc1ccccc1. The highest BCUT2D eigenvalue weighted by atomic mass is 16.3. The van der Waals surface area contributed by atoms with Gasteiger partial charge in [-0.3, -0.25) is 9.59 Å². The lowest BCUT2D eigenvalue weighted by Gasteiger charge is -2.31. The summed E-state index contributed by atoms with van der Waals surface area (Å²) in [6.07, 6.45) is 1.46. The van der Waals surface area contributed by atoms with Gasteiger partial charge >= 0.3 is 0 Å². The molecule has 1 aromatic carbocycles. The van der Waals surface area contributed by atoms with Crippen LogP contribution >= 0.6 is 0 Å². The van der Waals surface area contributed by atoms with Crippen molar-refractivity contribution in [2.45, 2.75) is 31.9 Å². The van der Waals surface area contributed by atoms with Gasteiger partial charge in [-0.05, 0) is 18.4 Å². The molecule has 1 N–H and O–H groups in total. The summed E-state index contributed by atoms with van der Waals surface area (Å²) in [6, 6.07) is 9.83. The van der Waals surface area contributed by atoms with Crippen LogP contribution in [-0.4, -0.2) is 52.5 Å². The number of nitrogens with zero attached hydrogens (tertiary/aromatic N) is 2. The van der Waals surface area contributed by atoms with Crippen molar-refractivity contribution in [3.05, 3.63) is 35.9 Å². The van der Waals surface area contributed by atoms with Gasteiger partial charge in [-0.2, -0.15) is 0 Å². The topological polar surface area (TPSA) is 60.9 Å². The van der Waals surface area contributed by atoms with Crippen molar-refractivity contribution in [1.82, 2.24) is 9.80 Å². The fourth-order valence-corrected chi connectivity index (χ4v) is 3.31. The Bertz CT molecular complexity index is 546. The van der Waals surface area contributed by atoms with E-state index in [4.69, 9.17) is 0 Å². The van der Waals surface area contributed by atoms with Crippen LogP contribution < -0.4 is 0 Å². The number of hydrogen-bond donors (Lipinski definition) is 1. The number of amides is 2. The third-order valence-corrected chi connectivity index (χ3v) is 4.49. The van der Waals surface area contributed by atoms with Gasteiger partial charge in [0.2, 0.25) is 11.8 Å². The molecule has 0 saturated carbocycles. The van der Waals surface area contributed by atoms with Crippen molar-refractivity contribution in [3.8, 4) is 0 Å². The molecule has 2 atom stereocenters. The highest BCUT2D eigenvalue weighted by Gasteiger charge is 2.37. The van der Waals surface area contributed by atoms with Crippen molar-refractivity contribution >= 4 is 11.8 Å². The Morgan fingerprint density at radius 3 is 2.73 bits per heavy atom. The van der Waals surface area contributed by atoms with Gasteiger partial charge in [-0.15, -0.1) is 0 Å². The van der Waals surface area contributed by atoms with E-state index < -0.39 is 6.10 Å². The number of piperidine rings is 1. The number of carbonyl (C=O) groups is 2. The molecule has 22 heavy (non-hydrogen) atoms. The number of benzene rings is 1. The van der Waals surface area contributed by atoms with Gasteiger partial charge in [-0.1, -0.05) is 30.3 Å². The van der Waals surface area contributed by atoms with Crippen LogP contribution in [0.1, 0.15) is 24.8 Å². The van der Waals surface area contributed by atoms with E-state index in [9.17, 15) is 14.7 Å². The molecule has 0 bridgehead atoms. The first-order valence-electron chi connectivity index (χ1n) is 7.92. The van der Waals surface area contributed by atoms with E-state index in [1.807, 2.05) is 30.3 Å². The van der Waals surface area contributed by atoms with Gasteiger partial charge in [-0.25, -0.2) is 0 Å². The van der Waals surface area contributed by atoms with Crippen LogP contribution in [0, 0.1) is 5.92 Å². The van der Waals surface area contributed by atoms with Crippen molar-refractivity contribution in [2.75, 3.05) is 19.6 Å². The fraction of sp³-hybridized carbons (Fsp3) is 0.529. The van der Waals surface area contributed by atoms with E-state index in [0.29, 0.717) is 26.2 Å². The first kappa shape index (κ1) is 15.0. The van der Waals surface area contributed by atoms with E-state index in [2.05, 4.69) is 0 Å². The molecular formula is C17H22N2O3. The number of aliphatic hydroxyl groups excluding tert-OH is 1. The van der Waals surface area contributed by atoms with Crippen LogP contribution in [0.4, 0.5) is 0 Å². The molecule has 2 saturated heterocycles. The molecule has 0 aromatic heterocycles. The molecule has 5 heteroatoms. The Balaban J connectivity index is 1.60. The van der Waals surface area contributed by atoms with E-state index in [1.165, 1.54) is 0 Å². The molecule has 3 rings (SSSR count). The Kier molecular flexibility index (Phi) is 4.43. The van der Waals surface area contributed by atoms with Gasteiger partial charge in [0.1, 0.15) is 0 Å². The summed E-state index contributed by atoms with van der Waals surface area (Å²) in [7, 11) is 0. The summed E-state index contributed by atoms with van der Waals surface area (Å²) in [4.78, 5) is 28.2. The van der Waals surface area contributed by atoms with Crippen molar-refractivity contribution in [3.63, 3.8) is 0 Å². The molecule has 0 aliphatic carbocycles. The Labute approximate surface area is 130 Å². The van der Waals surface area contributed by atoms with E-state index in [1.54, 1.807) is 9.80 Å². The molecule has 5 nitrogen and oxygen atoms in total. The number of rotatable bonds is 3. The molecule has 2 fully saturated rings. The smallest absolute Gasteiger partial charge is 0.228 e. The van der Waals surface area contributed by atoms with E-state index in [-0.39, 0.29) is 24.2 Å². The van der Waals surface area contributed by atoms with E-state index in [0.717, 1.165) is 18.4 Å². The second-order valence-corrected chi connectivity index (χ2v) is 6.24. The normalized spacial score (nSPS) is 25.6. The van der Waals surface area contributed by atoms with Gasteiger partial charge < -0.3 is 14.9 Å². The average molecular weight is 302 g/mol. The number of likely N-dealkylation sites (tertiary alicyclic amines) is 2. The van der Waals surface area contributed by atoms with Crippen LogP contribution in [0.15, 0.2) is 30.3 Å². The van der Waals surface area contributed by atoms with Gasteiger partial charge in [0.05, 0.1) is 12.0 Å². The van der Waals surface area contributed by atoms with Crippen LogP contribution in [0.25, 0.3) is 0 Å². The fourth-order valence-electron chi connectivity index (χ4n) is 3.31. The maximum Gasteiger partial charge on any atom is 0.228 e. The summed E-state index contributed by atoms with van der Waals surface area (Å²) >= 11 is 0. The molecule has 2 aliphatic rings. The highest BCUT2D eigenvalue weighted by Crippen LogP contribution is 2.23. The lowest BCUT2D eigenvalue weighted by Crippen LogP contribution is -2.45. The largest absolute Gasteiger partial charge is 0.391 e. The number of aliphatic hydroxyl groups is 1. The number of carbonyl (C=O) groups excluding carboxylic acids is 2. The van der Waals surface area contributed by atoms with Gasteiger partial charge in [0.15, 0.2) is 0 Å². The average Bonchev–Trinajstić information content (AvgIpc) is 2.88. The van der Waals surface area contributed by atoms with Crippen LogP contribution in [0.3, 0.4) is 0 Å². The standard InChI is InChI=1S/C17H22N2O3/c20-15-7-4-8-18(12-15)17(22)14-9-16(21)19(11-14)10-13-5-2-1-3-6-13/h1-3,5-6,14-15,20H,4,7-12H2. The zero-order valence-electron chi connectivity index (χ0n) is 12.6. The Morgan fingerprint density at radius 1 is 1.23 bits per heavy atom. The van der Waals surface area contributed by atoms with Crippen LogP contribution in [-0.2, 0) is 16.1 Å². The van der Waals surface area contributed by atoms with Crippen molar-refractivity contribution < 1.29 is 14.7 Å². The summed E-state index contributed by atoms with van der Waals surface area (Å²) in [5.41, 5.74) is 1.08. The molecule has 2 unspecified atom stereocenters. The summed E-state index contributed by atoms with van der Waals surface area (Å²) in [6.45, 7) is 2.15. The highest BCUT2D eigenvalue weighted by molar-refractivity contribution is 5.89. The van der Waals surface area contributed by atoms with Gasteiger partial charge in [0.25, 0.3) is 0 Å². The second-order valence-electron chi connectivity index (χ2n) is 6.24. The lowest BCUT2D eigenvalue weighted by atomic mass is 10.0. The second kappa shape index (κ2) is 6.48. The molecule has 0 radical (unpaired) electrons. The first-order chi connectivity index (χ1) is 10.6. The molecule has 2 aliphatic heterocycles. The molecule has 2 heterocycles. The summed E-state index contributed by atoms with van der Waals surface area (Å²) in [5.74, 6) is -0.205. The van der Waals surface area contributed by atoms with Crippen molar-refractivity contribution in [1.29, 1.82) is 0 Å². The number of hydrogen-bond acceptors (Lipinski definition) is 3. The predicted molar refractivity (Wildman–Crippen MR) is 81.8 cm³/mol. The summed E-state index contributed by atoms with van der Waals surface area (Å²) < 4.78 is 0. The minimum absolute atomic E-state index is 0.0164. The maximum absolute atomic E-state index is 12.5. The van der Waals surface area contributed by atoms with Gasteiger partial charge in [0, 0.05) is 32.6 Å². The predicted octanol–water partition coefficient (Wildman–Crippen LogP) is 1.02.